The Morgan fingerprint density at radius 2 is 2.00 bits per heavy atom. The third-order valence-electron chi connectivity index (χ3n) is 3.16. The number of hydrogen-bond acceptors (Lipinski definition) is 4. The van der Waals surface area contributed by atoms with E-state index < -0.39 is 0 Å². The van der Waals surface area contributed by atoms with E-state index in [2.05, 4.69) is 10.3 Å². The number of benzene rings is 1. The quantitative estimate of drug-likeness (QED) is 0.770. The summed E-state index contributed by atoms with van der Waals surface area (Å²) in [4.78, 5) is 16.3. The van der Waals surface area contributed by atoms with Crippen molar-refractivity contribution in [2.24, 2.45) is 0 Å². The smallest absolute Gasteiger partial charge is 0.230 e. The van der Waals surface area contributed by atoms with Gasteiger partial charge in [0.2, 0.25) is 5.91 Å². The molecule has 2 N–H and O–H groups in total. The van der Waals surface area contributed by atoms with Crippen molar-refractivity contribution in [3.8, 4) is 0 Å². The molecule has 0 bridgehead atoms. The van der Waals surface area contributed by atoms with Crippen LogP contribution in [0.5, 0.6) is 0 Å². The molecule has 0 aliphatic carbocycles. The largest absolute Gasteiger partial charge is 0.390 e. The van der Waals surface area contributed by atoms with Crippen LogP contribution in [0.2, 0.25) is 5.02 Å². The minimum absolute atomic E-state index is 0.0425. The summed E-state index contributed by atoms with van der Waals surface area (Å²) in [7, 11) is 0. The van der Waals surface area contributed by atoms with E-state index in [1.165, 1.54) is 11.8 Å². The first-order chi connectivity index (χ1) is 11.3. The molecule has 2 rings (SSSR count). The van der Waals surface area contributed by atoms with Gasteiger partial charge in [0, 0.05) is 17.1 Å². The first-order valence-electron chi connectivity index (χ1n) is 7.62. The minimum Gasteiger partial charge on any atom is -0.390 e. The molecule has 1 aromatic heterocycles. The van der Waals surface area contributed by atoms with Gasteiger partial charge in [0.15, 0.2) is 5.16 Å². The van der Waals surface area contributed by atoms with Crippen LogP contribution in [-0.2, 0) is 17.9 Å². The van der Waals surface area contributed by atoms with E-state index in [0.29, 0.717) is 22.4 Å². The molecule has 1 aromatic carbocycles. The molecule has 0 atom stereocenters. The third kappa shape index (κ3) is 5.54. The molecule has 0 aliphatic rings. The topological polar surface area (TPSA) is 67.2 Å². The standard InChI is InChI=1S/C17H22ClN3O2S/c1-17(2,3)20-15(23)11-24-16-19-8-14(10-22)21(16)9-12-4-6-13(18)7-5-12/h4-8,22H,9-11H2,1-3H3,(H,20,23). The third-order valence-corrected chi connectivity index (χ3v) is 4.41. The summed E-state index contributed by atoms with van der Waals surface area (Å²) < 4.78 is 1.91. The van der Waals surface area contributed by atoms with Gasteiger partial charge in [0.25, 0.3) is 0 Å². The number of carbonyl (C=O) groups is 1. The zero-order chi connectivity index (χ0) is 17.7. The van der Waals surface area contributed by atoms with Crippen molar-refractivity contribution in [1.29, 1.82) is 0 Å². The molecule has 0 spiro atoms. The molecule has 1 amide bonds. The Kier molecular flexibility index (Phi) is 6.32. The average Bonchev–Trinajstić information content (AvgIpc) is 2.88. The lowest BCUT2D eigenvalue weighted by Gasteiger charge is -2.20. The number of halogens is 1. The Balaban J connectivity index is 2.09. The second kappa shape index (κ2) is 8.05. The fraction of sp³-hybridized carbons (Fsp3) is 0.412. The van der Waals surface area contributed by atoms with E-state index in [4.69, 9.17) is 11.6 Å². The first-order valence-corrected chi connectivity index (χ1v) is 8.98. The minimum atomic E-state index is -0.257. The molecule has 7 heteroatoms. The number of aliphatic hydroxyl groups excluding tert-OH is 1. The lowest BCUT2D eigenvalue weighted by Crippen LogP contribution is -2.41. The van der Waals surface area contributed by atoms with Crippen LogP contribution in [0.3, 0.4) is 0 Å². The van der Waals surface area contributed by atoms with Crippen molar-refractivity contribution in [3.63, 3.8) is 0 Å². The summed E-state index contributed by atoms with van der Waals surface area (Å²) in [6.45, 7) is 6.30. The SMILES string of the molecule is CC(C)(C)NC(=O)CSc1ncc(CO)n1Cc1ccc(Cl)cc1. The molecule has 0 radical (unpaired) electrons. The Hall–Kier alpha value is -1.50. The van der Waals surface area contributed by atoms with E-state index in [9.17, 15) is 9.90 Å². The zero-order valence-corrected chi connectivity index (χ0v) is 15.6. The molecule has 2 aromatic rings. The van der Waals surface area contributed by atoms with Gasteiger partial charge < -0.3 is 15.0 Å². The highest BCUT2D eigenvalue weighted by atomic mass is 35.5. The molecule has 130 valence electrons. The summed E-state index contributed by atoms with van der Waals surface area (Å²) in [6, 6.07) is 7.53. The van der Waals surface area contributed by atoms with E-state index in [1.54, 1.807) is 6.20 Å². The van der Waals surface area contributed by atoms with E-state index in [-0.39, 0.29) is 23.8 Å². The number of rotatable bonds is 6. The van der Waals surface area contributed by atoms with Gasteiger partial charge in [0.1, 0.15) is 0 Å². The molecule has 0 aliphatic heterocycles. The van der Waals surface area contributed by atoms with Crippen LogP contribution in [0.15, 0.2) is 35.6 Å². The van der Waals surface area contributed by atoms with E-state index >= 15 is 0 Å². The summed E-state index contributed by atoms with van der Waals surface area (Å²) in [5.41, 5.74) is 1.50. The van der Waals surface area contributed by atoms with Crippen LogP contribution in [0.25, 0.3) is 0 Å². The fourth-order valence-electron chi connectivity index (χ4n) is 2.16. The number of aliphatic hydroxyl groups is 1. The van der Waals surface area contributed by atoms with Gasteiger partial charge >= 0.3 is 0 Å². The normalized spacial score (nSPS) is 11.5. The highest BCUT2D eigenvalue weighted by Crippen LogP contribution is 2.21. The van der Waals surface area contributed by atoms with Crippen molar-refractivity contribution >= 4 is 29.3 Å². The highest BCUT2D eigenvalue weighted by Gasteiger charge is 2.16. The molecule has 0 unspecified atom stereocenters. The maximum absolute atomic E-state index is 12.0. The van der Waals surface area contributed by atoms with Crippen LogP contribution in [0, 0.1) is 0 Å². The van der Waals surface area contributed by atoms with Gasteiger partial charge in [-0.25, -0.2) is 4.98 Å². The predicted molar refractivity (Wildman–Crippen MR) is 97.3 cm³/mol. The van der Waals surface area contributed by atoms with Crippen molar-refractivity contribution in [2.45, 2.75) is 44.6 Å². The zero-order valence-electron chi connectivity index (χ0n) is 14.0. The Morgan fingerprint density at radius 1 is 1.33 bits per heavy atom. The van der Waals surface area contributed by atoms with Crippen molar-refractivity contribution in [2.75, 3.05) is 5.75 Å². The Morgan fingerprint density at radius 3 is 2.58 bits per heavy atom. The van der Waals surface area contributed by atoms with Gasteiger partial charge in [-0.1, -0.05) is 35.5 Å². The van der Waals surface area contributed by atoms with Crippen molar-refractivity contribution in [3.05, 3.63) is 46.7 Å². The molecular formula is C17H22ClN3O2S. The molecular weight excluding hydrogens is 346 g/mol. The molecule has 0 fully saturated rings. The molecule has 1 heterocycles. The monoisotopic (exact) mass is 367 g/mol. The Labute approximate surface area is 151 Å². The van der Waals surface area contributed by atoms with E-state index in [0.717, 1.165) is 5.56 Å². The Bertz CT molecular complexity index is 693. The maximum Gasteiger partial charge on any atom is 0.230 e. The van der Waals surface area contributed by atoms with Gasteiger partial charge in [-0.2, -0.15) is 0 Å². The van der Waals surface area contributed by atoms with Crippen LogP contribution in [0.4, 0.5) is 0 Å². The summed E-state index contributed by atoms with van der Waals surface area (Å²) in [5, 5.41) is 13.8. The van der Waals surface area contributed by atoms with Crippen molar-refractivity contribution < 1.29 is 9.90 Å². The van der Waals surface area contributed by atoms with E-state index in [1.807, 2.05) is 49.6 Å². The number of nitrogens with one attached hydrogen (secondary N) is 1. The summed E-state index contributed by atoms with van der Waals surface area (Å²) >= 11 is 7.27. The molecule has 0 saturated carbocycles. The number of aromatic nitrogens is 2. The second-order valence-corrected chi connectivity index (χ2v) is 7.87. The summed E-state index contributed by atoms with van der Waals surface area (Å²) in [6.07, 6.45) is 1.64. The van der Waals surface area contributed by atoms with Crippen LogP contribution in [0.1, 0.15) is 32.0 Å². The average molecular weight is 368 g/mol. The number of hydrogen-bond donors (Lipinski definition) is 2. The second-order valence-electron chi connectivity index (χ2n) is 6.49. The summed E-state index contributed by atoms with van der Waals surface area (Å²) in [5.74, 6) is 0.235. The lowest BCUT2D eigenvalue weighted by molar-refractivity contribution is -0.119. The number of thioether (sulfide) groups is 1. The number of amides is 1. The van der Waals surface area contributed by atoms with Crippen LogP contribution >= 0.6 is 23.4 Å². The van der Waals surface area contributed by atoms with Gasteiger partial charge in [0.05, 0.1) is 24.3 Å². The van der Waals surface area contributed by atoms with Gasteiger partial charge in [-0.15, -0.1) is 0 Å². The lowest BCUT2D eigenvalue weighted by atomic mass is 10.1. The number of carbonyl (C=O) groups excluding carboxylic acids is 1. The van der Waals surface area contributed by atoms with Crippen LogP contribution < -0.4 is 5.32 Å². The highest BCUT2D eigenvalue weighted by molar-refractivity contribution is 7.99. The van der Waals surface area contributed by atoms with Gasteiger partial charge in [-0.3, -0.25) is 4.79 Å². The fourth-order valence-corrected chi connectivity index (χ4v) is 3.08. The maximum atomic E-state index is 12.0. The first kappa shape index (κ1) is 18.8. The molecule has 5 nitrogen and oxygen atoms in total. The number of nitrogens with zero attached hydrogens (tertiary/aromatic N) is 2. The van der Waals surface area contributed by atoms with Crippen molar-refractivity contribution in [1.82, 2.24) is 14.9 Å². The molecule has 0 saturated heterocycles. The van der Waals surface area contributed by atoms with Crippen LogP contribution in [-0.4, -0.2) is 31.9 Å². The van der Waals surface area contributed by atoms with Gasteiger partial charge in [-0.05, 0) is 38.5 Å². The number of imidazole rings is 1. The predicted octanol–water partition coefficient (Wildman–Crippen LogP) is 3.08. The molecule has 24 heavy (non-hydrogen) atoms.